The monoisotopic (exact) mass is 484 g/mol. The van der Waals surface area contributed by atoms with Crippen molar-refractivity contribution in [2.24, 2.45) is 0 Å². The summed E-state index contributed by atoms with van der Waals surface area (Å²) < 4.78 is 6.44. The number of anilines is 1. The van der Waals surface area contributed by atoms with Crippen LogP contribution in [0.2, 0.25) is 0 Å². The Morgan fingerprint density at radius 3 is 2.19 bits per heavy atom. The topological polar surface area (TPSA) is 41.6 Å². The van der Waals surface area contributed by atoms with Gasteiger partial charge in [-0.2, -0.15) is 0 Å². The number of ether oxygens (including phenoxy) is 1. The number of rotatable bonds is 7. The molecule has 0 bridgehead atoms. The summed E-state index contributed by atoms with van der Waals surface area (Å²) in [6.45, 7) is 1.03. The fourth-order valence-corrected chi connectivity index (χ4v) is 5.06. The molecule has 0 aromatic heterocycles. The molecule has 0 spiro atoms. The van der Waals surface area contributed by atoms with E-state index in [9.17, 15) is 4.79 Å². The Balaban J connectivity index is 1.44. The average Bonchev–Trinajstić information content (AvgIpc) is 2.96. The van der Waals surface area contributed by atoms with Crippen LogP contribution in [0.4, 0.5) is 5.69 Å². The molecule has 1 aliphatic rings. The lowest BCUT2D eigenvalue weighted by atomic mass is 9.97. The zero-order chi connectivity index (χ0) is 25.0. The fraction of sp³-hybridized carbons (Fsp3) is 0.121. The molecule has 1 unspecified atom stereocenters. The number of carbonyl (C=O) groups excluding carboxylic acids is 1. The van der Waals surface area contributed by atoms with Gasteiger partial charge < -0.3 is 15.0 Å². The number of amides is 1. The maximum absolute atomic E-state index is 13.9. The molecule has 0 saturated heterocycles. The van der Waals surface area contributed by atoms with Crippen LogP contribution in [0.3, 0.4) is 0 Å². The summed E-state index contributed by atoms with van der Waals surface area (Å²) in [5, 5.41) is 5.87. The van der Waals surface area contributed by atoms with Crippen LogP contribution in [-0.4, -0.2) is 17.4 Å². The number of hydrogen-bond donors (Lipinski definition) is 1. The molecule has 1 N–H and O–H groups in total. The molecule has 37 heavy (non-hydrogen) atoms. The van der Waals surface area contributed by atoms with Crippen molar-refractivity contribution in [2.45, 2.75) is 19.2 Å². The smallest absolute Gasteiger partial charge is 0.257 e. The average molecular weight is 485 g/mol. The second-order valence-corrected chi connectivity index (χ2v) is 9.30. The number of carbonyl (C=O) groups is 1. The van der Waals surface area contributed by atoms with E-state index in [0.717, 1.165) is 39.8 Å². The first-order valence-electron chi connectivity index (χ1n) is 12.7. The third-order valence-electron chi connectivity index (χ3n) is 6.95. The quantitative estimate of drug-likeness (QED) is 0.265. The molecule has 5 aromatic carbocycles. The predicted octanol–water partition coefficient (Wildman–Crippen LogP) is 7.23. The number of para-hydroxylation sites is 1. The van der Waals surface area contributed by atoms with Gasteiger partial charge in [0.25, 0.3) is 5.91 Å². The SMILES string of the molecule is O=C1c2ccccc2NC(c2c(OCc3ccccc3)ccc3ccccc23)N1CCc1ccccc1. The predicted molar refractivity (Wildman–Crippen MR) is 149 cm³/mol. The lowest BCUT2D eigenvalue weighted by Crippen LogP contribution is -2.44. The third kappa shape index (κ3) is 4.66. The van der Waals surface area contributed by atoms with Crippen molar-refractivity contribution in [2.75, 3.05) is 11.9 Å². The van der Waals surface area contributed by atoms with Gasteiger partial charge >= 0.3 is 0 Å². The van der Waals surface area contributed by atoms with Gasteiger partial charge in [-0.1, -0.05) is 103 Å². The Morgan fingerprint density at radius 1 is 0.703 bits per heavy atom. The zero-order valence-corrected chi connectivity index (χ0v) is 20.5. The van der Waals surface area contributed by atoms with Crippen molar-refractivity contribution < 1.29 is 9.53 Å². The lowest BCUT2D eigenvalue weighted by Gasteiger charge is -2.39. The van der Waals surface area contributed by atoms with Crippen molar-refractivity contribution in [1.82, 2.24) is 4.90 Å². The van der Waals surface area contributed by atoms with Crippen LogP contribution in [0.1, 0.15) is 33.2 Å². The minimum absolute atomic E-state index is 0.0252. The highest BCUT2D eigenvalue weighted by Crippen LogP contribution is 2.41. The zero-order valence-electron chi connectivity index (χ0n) is 20.5. The van der Waals surface area contributed by atoms with Gasteiger partial charge in [-0.05, 0) is 46.5 Å². The van der Waals surface area contributed by atoms with Crippen molar-refractivity contribution in [3.63, 3.8) is 0 Å². The van der Waals surface area contributed by atoms with Gasteiger partial charge in [-0.25, -0.2) is 0 Å². The maximum atomic E-state index is 13.9. The summed E-state index contributed by atoms with van der Waals surface area (Å²) in [5.41, 5.74) is 4.81. The summed E-state index contributed by atoms with van der Waals surface area (Å²) in [5.74, 6) is 0.800. The van der Waals surface area contributed by atoms with Crippen molar-refractivity contribution in [1.29, 1.82) is 0 Å². The number of hydrogen-bond acceptors (Lipinski definition) is 3. The van der Waals surface area contributed by atoms with Crippen LogP contribution in [0, 0.1) is 0 Å². The van der Waals surface area contributed by atoms with Crippen molar-refractivity contribution >= 4 is 22.4 Å². The first kappa shape index (κ1) is 22.9. The second kappa shape index (κ2) is 10.2. The Kier molecular flexibility index (Phi) is 6.30. The van der Waals surface area contributed by atoms with E-state index in [4.69, 9.17) is 4.74 Å². The first-order valence-corrected chi connectivity index (χ1v) is 12.7. The highest BCUT2D eigenvalue weighted by Gasteiger charge is 2.35. The number of benzene rings is 5. The van der Waals surface area contributed by atoms with E-state index in [1.54, 1.807) is 0 Å². The molecule has 6 rings (SSSR count). The van der Waals surface area contributed by atoms with Crippen LogP contribution >= 0.6 is 0 Å². The molecule has 0 fully saturated rings. The molecule has 1 amide bonds. The van der Waals surface area contributed by atoms with Gasteiger partial charge in [0.05, 0.1) is 5.56 Å². The van der Waals surface area contributed by atoms with Gasteiger partial charge in [-0.3, -0.25) is 4.79 Å². The number of fused-ring (bicyclic) bond motifs is 2. The lowest BCUT2D eigenvalue weighted by molar-refractivity contribution is 0.0684. The molecular formula is C33H28N2O2. The molecule has 1 aliphatic heterocycles. The molecule has 5 aromatic rings. The van der Waals surface area contributed by atoms with E-state index in [2.05, 4.69) is 47.8 Å². The Bertz CT molecular complexity index is 1530. The minimum atomic E-state index is -0.372. The van der Waals surface area contributed by atoms with E-state index in [1.807, 2.05) is 83.8 Å². The van der Waals surface area contributed by atoms with Gasteiger partial charge in [0.1, 0.15) is 18.5 Å². The molecule has 0 radical (unpaired) electrons. The van der Waals surface area contributed by atoms with Crippen LogP contribution in [-0.2, 0) is 13.0 Å². The summed E-state index contributed by atoms with van der Waals surface area (Å²) >= 11 is 0. The van der Waals surface area contributed by atoms with E-state index < -0.39 is 0 Å². The highest BCUT2D eigenvalue weighted by atomic mass is 16.5. The van der Waals surface area contributed by atoms with Crippen molar-refractivity contribution in [3.05, 3.63) is 144 Å². The van der Waals surface area contributed by atoms with Crippen LogP contribution in [0.25, 0.3) is 10.8 Å². The van der Waals surface area contributed by atoms with E-state index >= 15 is 0 Å². The molecule has 0 aliphatic carbocycles. The first-order chi connectivity index (χ1) is 18.3. The molecular weight excluding hydrogens is 456 g/mol. The normalized spacial score (nSPS) is 14.8. The maximum Gasteiger partial charge on any atom is 0.257 e. The van der Waals surface area contributed by atoms with Gasteiger partial charge in [0, 0.05) is 17.8 Å². The van der Waals surface area contributed by atoms with E-state index in [0.29, 0.717) is 18.7 Å². The molecule has 182 valence electrons. The molecule has 4 heteroatoms. The largest absolute Gasteiger partial charge is 0.488 e. The third-order valence-corrected chi connectivity index (χ3v) is 6.95. The Morgan fingerprint density at radius 2 is 1.38 bits per heavy atom. The fourth-order valence-electron chi connectivity index (χ4n) is 5.06. The van der Waals surface area contributed by atoms with Gasteiger partial charge in [0.15, 0.2) is 0 Å². The molecule has 4 nitrogen and oxygen atoms in total. The number of nitrogens with zero attached hydrogens (tertiary/aromatic N) is 1. The van der Waals surface area contributed by atoms with E-state index in [-0.39, 0.29) is 12.1 Å². The van der Waals surface area contributed by atoms with Crippen LogP contribution in [0.15, 0.2) is 121 Å². The molecule has 1 atom stereocenters. The van der Waals surface area contributed by atoms with E-state index in [1.165, 1.54) is 5.56 Å². The number of nitrogens with one attached hydrogen (secondary N) is 1. The molecule has 0 saturated carbocycles. The van der Waals surface area contributed by atoms with Crippen molar-refractivity contribution in [3.8, 4) is 5.75 Å². The van der Waals surface area contributed by atoms with Gasteiger partial charge in [-0.15, -0.1) is 0 Å². The Hall–Kier alpha value is -4.57. The van der Waals surface area contributed by atoms with Crippen LogP contribution < -0.4 is 10.1 Å². The Labute approximate surface area is 217 Å². The summed E-state index contributed by atoms with van der Waals surface area (Å²) in [4.78, 5) is 15.8. The second-order valence-electron chi connectivity index (χ2n) is 9.30. The molecule has 1 heterocycles. The summed E-state index contributed by atoms with van der Waals surface area (Å²) in [7, 11) is 0. The van der Waals surface area contributed by atoms with Gasteiger partial charge in [0.2, 0.25) is 0 Å². The summed E-state index contributed by atoms with van der Waals surface area (Å²) in [6, 6.07) is 40.6. The minimum Gasteiger partial charge on any atom is -0.488 e. The summed E-state index contributed by atoms with van der Waals surface area (Å²) in [6.07, 6.45) is 0.390. The highest BCUT2D eigenvalue weighted by molar-refractivity contribution is 6.02. The van der Waals surface area contributed by atoms with Crippen LogP contribution in [0.5, 0.6) is 5.75 Å². The standard InChI is InChI=1S/C33H28N2O2/c36-33-28-17-9-10-18-29(28)34-32(35(33)22-21-24-11-3-1-4-12-24)31-27-16-8-7-15-26(27)19-20-30(31)37-23-25-13-5-2-6-14-25/h1-20,32,34H,21-23H2.